The van der Waals surface area contributed by atoms with E-state index in [1.54, 1.807) is 6.07 Å². The average molecular weight is 296 g/mol. The molecule has 19 heavy (non-hydrogen) atoms. The van der Waals surface area contributed by atoms with Crippen LogP contribution >= 0.6 is 23.2 Å². The quantitative estimate of drug-likeness (QED) is 0.879. The summed E-state index contributed by atoms with van der Waals surface area (Å²) in [5.41, 5.74) is 8.09. The first kappa shape index (κ1) is 14.0. The second-order valence-corrected chi connectivity index (χ2v) is 5.22. The van der Waals surface area contributed by atoms with E-state index in [0.29, 0.717) is 15.9 Å². The fraction of sp³-hybridized carbons (Fsp3) is 0.214. The second kappa shape index (κ2) is 5.68. The van der Waals surface area contributed by atoms with Gasteiger partial charge in [-0.2, -0.15) is 0 Å². The largest absolute Gasteiger partial charge is 0.382 e. The van der Waals surface area contributed by atoms with Gasteiger partial charge in [-0.1, -0.05) is 47.5 Å². The average Bonchev–Trinajstić information content (AvgIpc) is 2.36. The van der Waals surface area contributed by atoms with Crippen LogP contribution in [0.4, 0.5) is 11.6 Å². The number of hydrogen-bond donors (Lipinski definition) is 2. The molecule has 1 aromatic heterocycles. The lowest BCUT2D eigenvalue weighted by atomic mass is 10.0. The van der Waals surface area contributed by atoms with Gasteiger partial charge in [-0.05, 0) is 31.0 Å². The lowest BCUT2D eigenvalue weighted by molar-refractivity contribution is 0.865. The van der Waals surface area contributed by atoms with Crippen LogP contribution in [0.5, 0.6) is 0 Å². The minimum Gasteiger partial charge on any atom is -0.382 e. The summed E-state index contributed by atoms with van der Waals surface area (Å²) >= 11 is 12.0. The fourth-order valence-corrected chi connectivity index (χ4v) is 2.35. The van der Waals surface area contributed by atoms with Gasteiger partial charge in [0.1, 0.15) is 11.6 Å². The van der Waals surface area contributed by atoms with Gasteiger partial charge >= 0.3 is 0 Å². The van der Waals surface area contributed by atoms with Crippen molar-refractivity contribution in [3.05, 3.63) is 51.5 Å². The van der Waals surface area contributed by atoms with Gasteiger partial charge in [-0.15, -0.1) is 0 Å². The monoisotopic (exact) mass is 295 g/mol. The highest BCUT2D eigenvalue weighted by Gasteiger charge is 2.12. The molecule has 0 aliphatic rings. The van der Waals surface area contributed by atoms with Gasteiger partial charge in [0.2, 0.25) is 0 Å². The Labute approximate surface area is 122 Å². The third-order valence-corrected chi connectivity index (χ3v) is 3.56. The number of benzene rings is 1. The van der Waals surface area contributed by atoms with Crippen molar-refractivity contribution in [2.45, 2.75) is 19.9 Å². The van der Waals surface area contributed by atoms with Crippen LogP contribution in [-0.4, -0.2) is 4.98 Å². The van der Waals surface area contributed by atoms with Gasteiger partial charge in [0.05, 0.1) is 16.1 Å². The first-order chi connectivity index (χ1) is 8.99. The summed E-state index contributed by atoms with van der Waals surface area (Å²) in [6, 6.07) is 9.83. The van der Waals surface area contributed by atoms with Crippen LogP contribution in [0.2, 0.25) is 10.0 Å². The fourth-order valence-electron chi connectivity index (χ4n) is 1.94. The van der Waals surface area contributed by atoms with Crippen LogP contribution < -0.4 is 11.1 Å². The summed E-state index contributed by atoms with van der Waals surface area (Å²) in [5, 5.41) is 4.07. The van der Waals surface area contributed by atoms with E-state index in [0.717, 1.165) is 0 Å². The molecular weight excluding hydrogens is 281 g/mol. The molecular formula is C14H15Cl2N3. The smallest absolute Gasteiger partial charge is 0.147 e. The number of nitrogens with zero attached hydrogens (tertiary/aromatic N) is 1. The van der Waals surface area contributed by atoms with E-state index >= 15 is 0 Å². The number of hydrogen-bond acceptors (Lipinski definition) is 3. The third-order valence-electron chi connectivity index (χ3n) is 2.96. The summed E-state index contributed by atoms with van der Waals surface area (Å²) in [4.78, 5) is 4.17. The van der Waals surface area contributed by atoms with Gasteiger partial charge in [-0.25, -0.2) is 4.98 Å². The molecule has 1 unspecified atom stereocenters. The van der Waals surface area contributed by atoms with Crippen molar-refractivity contribution in [2.24, 2.45) is 0 Å². The summed E-state index contributed by atoms with van der Waals surface area (Å²) < 4.78 is 0. The highest BCUT2D eigenvalue weighted by atomic mass is 35.5. The van der Waals surface area contributed by atoms with Crippen molar-refractivity contribution in [3.8, 4) is 0 Å². The summed E-state index contributed by atoms with van der Waals surface area (Å²) in [5.74, 6) is 0.810. The molecule has 0 aliphatic carbocycles. The minimum absolute atomic E-state index is 0.0757. The normalized spacial score (nSPS) is 12.2. The number of anilines is 2. The summed E-state index contributed by atoms with van der Waals surface area (Å²) in [6.45, 7) is 4.11. The Bertz CT molecular complexity index is 599. The first-order valence-corrected chi connectivity index (χ1v) is 6.68. The highest BCUT2D eigenvalue weighted by Crippen LogP contribution is 2.30. The number of nitrogens with two attached hydrogens (primary N) is 1. The van der Waals surface area contributed by atoms with Crippen molar-refractivity contribution in [1.82, 2.24) is 4.98 Å². The van der Waals surface area contributed by atoms with E-state index in [2.05, 4.69) is 29.4 Å². The molecule has 3 N–H and O–H groups in total. The van der Waals surface area contributed by atoms with E-state index < -0.39 is 0 Å². The van der Waals surface area contributed by atoms with Crippen LogP contribution in [0, 0.1) is 6.92 Å². The van der Waals surface area contributed by atoms with Crippen molar-refractivity contribution >= 4 is 34.8 Å². The maximum atomic E-state index is 6.11. The molecule has 0 saturated carbocycles. The van der Waals surface area contributed by atoms with Crippen molar-refractivity contribution in [3.63, 3.8) is 0 Å². The molecule has 0 amide bonds. The first-order valence-electron chi connectivity index (χ1n) is 5.92. The lowest BCUT2D eigenvalue weighted by Gasteiger charge is -2.18. The molecule has 0 saturated heterocycles. The van der Waals surface area contributed by atoms with Gasteiger partial charge in [0.25, 0.3) is 0 Å². The molecule has 1 atom stereocenters. The van der Waals surface area contributed by atoms with Gasteiger partial charge in [0, 0.05) is 0 Å². The number of nitrogen functional groups attached to an aromatic ring is 1. The molecule has 5 heteroatoms. The van der Waals surface area contributed by atoms with Crippen molar-refractivity contribution < 1.29 is 0 Å². The molecule has 2 rings (SSSR count). The molecule has 100 valence electrons. The number of nitrogens with one attached hydrogen (secondary N) is 1. The number of rotatable bonds is 3. The van der Waals surface area contributed by atoms with Crippen LogP contribution in [-0.2, 0) is 0 Å². The zero-order valence-corrected chi connectivity index (χ0v) is 12.3. The van der Waals surface area contributed by atoms with Gasteiger partial charge in [-0.3, -0.25) is 0 Å². The molecule has 0 radical (unpaired) electrons. The third kappa shape index (κ3) is 3.11. The molecule has 3 nitrogen and oxygen atoms in total. The van der Waals surface area contributed by atoms with E-state index in [9.17, 15) is 0 Å². The Hall–Kier alpha value is -1.45. The summed E-state index contributed by atoms with van der Waals surface area (Å²) in [7, 11) is 0. The topological polar surface area (TPSA) is 50.9 Å². The molecule has 2 aromatic rings. The molecule has 0 spiro atoms. The maximum absolute atomic E-state index is 6.11. The summed E-state index contributed by atoms with van der Waals surface area (Å²) in [6.07, 6.45) is 0. The van der Waals surface area contributed by atoms with Gasteiger partial charge in [0.15, 0.2) is 0 Å². The van der Waals surface area contributed by atoms with E-state index in [1.165, 1.54) is 11.1 Å². The van der Waals surface area contributed by atoms with E-state index in [1.807, 2.05) is 19.1 Å². The van der Waals surface area contributed by atoms with Crippen LogP contribution in [0.3, 0.4) is 0 Å². The van der Waals surface area contributed by atoms with Gasteiger partial charge < -0.3 is 11.1 Å². The van der Waals surface area contributed by atoms with E-state index in [4.69, 9.17) is 28.9 Å². The Kier molecular flexibility index (Phi) is 4.17. The predicted octanol–water partition coefficient (Wildman–Crippen LogP) is 4.45. The Balaban J connectivity index is 2.27. The van der Waals surface area contributed by atoms with Crippen LogP contribution in [0.15, 0.2) is 30.3 Å². The minimum atomic E-state index is 0.0757. The molecule has 1 aromatic carbocycles. The maximum Gasteiger partial charge on any atom is 0.147 e. The van der Waals surface area contributed by atoms with Crippen LogP contribution in [0.25, 0.3) is 0 Å². The molecule has 1 heterocycles. The van der Waals surface area contributed by atoms with Crippen molar-refractivity contribution in [2.75, 3.05) is 11.1 Å². The zero-order chi connectivity index (χ0) is 14.0. The number of aryl methyl sites for hydroxylation is 1. The molecule has 0 fully saturated rings. The van der Waals surface area contributed by atoms with E-state index in [-0.39, 0.29) is 11.9 Å². The second-order valence-electron chi connectivity index (χ2n) is 4.41. The highest BCUT2D eigenvalue weighted by molar-refractivity contribution is 6.37. The standard InChI is InChI=1S/C14H15Cl2N3/c1-8-5-3-4-6-10(8)9(2)18-14-12(16)7-11(15)13(17)19-14/h3-7,9H,1-2H3,(H3,17,18,19). The number of halogens is 2. The lowest BCUT2D eigenvalue weighted by Crippen LogP contribution is -2.10. The van der Waals surface area contributed by atoms with Crippen molar-refractivity contribution in [1.29, 1.82) is 0 Å². The van der Waals surface area contributed by atoms with Crippen LogP contribution in [0.1, 0.15) is 24.1 Å². The molecule has 0 bridgehead atoms. The Morgan fingerprint density at radius 2 is 1.89 bits per heavy atom. The predicted molar refractivity (Wildman–Crippen MR) is 81.9 cm³/mol. The Morgan fingerprint density at radius 3 is 2.58 bits per heavy atom. The molecule has 0 aliphatic heterocycles. The zero-order valence-electron chi connectivity index (χ0n) is 10.7. The Morgan fingerprint density at radius 1 is 1.21 bits per heavy atom. The number of aromatic nitrogens is 1. The SMILES string of the molecule is Cc1ccccc1C(C)Nc1nc(N)c(Cl)cc1Cl. The number of pyridine rings is 1.